The van der Waals surface area contributed by atoms with Crippen LogP contribution in [0, 0.1) is 6.92 Å². The second-order valence-corrected chi connectivity index (χ2v) is 7.55. The molecule has 0 atom stereocenters. The van der Waals surface area contributed by atoms with Gasteiger partial charge in [0.2, 0.25) is 0 Å². The zero-order valence-electron chi connectivity index (χ0n) is 17.0. The fourth-order valence-corrected chi connectivity index (χ4v) is 4.03. The first-order chi connectivity index (χ1) is 15.1. The largest absolute Gasteiger partial charge is 0.355 e. The number of para-hydroxylation sites is 2. The number of carbonyl (C=O) groups excluding carboxylic acids is 2. The van der Waals surface area contributed by atoms with Gasteiger partial charge in [0.25, 0.3) is 0 Å². The number of carbonyl (C=O) groups is 2. The third kappa shape index (κ3) is 3.28. The van der Waals surface area contributed by atoms with Crippen molar-refractivity contribution >= 4 is 34.3 Å². The minimum atomic E-state index is -0.153. The second kappa shape index (κ2) is 7.58. The first-order valence-corrected chi connectivity index (χ1v) is 10.1. The van der Waals surface area contributed by atoms with Gasteiger partial charge in [-0.15, -0.1) is 0 Å². The smallest absolute Gasteiger partial charge is 0.196 e. The van der Waals surface area contributed by atoms with Crippen molar-refractivity contribution in [3.63, 3.8) is 0 Å². The zero-order valence-corrected chi connectivity index (χ0v) is 17.0. The van der Waals surface area contributed by atoms with Gasteiger partial charge in [0.1, 0.15) is 0 Å². The molecule has 1 aliphatic carbocycles. The number of fused-ring (bicyclic) bond motifs is 2. The van der Waals surface area contributed by atoms with Crippen molar-refractivity contribution in [3.8, 4) is 0 Å². The van der Waals surface area contributed by atoms with E-state index in [1.165, 1.54) is 0 Å². The molecule has 0 heterocycles. The predicted octanol–water partition coefficient (Wildman–Crippen LogP) is 6.26. The van der Waals surface area contributed by atoms with Crippen LogP contribution in [0.3, 0.4) is 0 Å². The van der Waals surface area contributed by atoms with Crippen LogP contribution in [0.15, 0.2) is 91.0 Å². The molecule has 150 valence electrons. The number of benzene rings is 4. The van der Waals surface area contributed by atoms with E-state index in [0.29, 0.717) is 33.6 Å². The summed E-state index contributed by atoms with van der Waals surface area (Å²) < 4.78 is 0. The summed E-state index contributed by atoms with van der Waals surface area (Å²) in [5.41, 5.74) is 5.56. The van der Waals surface area contributed by atoms with Crippen LogP contribution in [0.1, 0.15) is 37.4 Å². The van der Waals surface area contributed by atoms with Crippen molar-refractivity contribution in [1.82, 2.24) is 0 Å². The third-order valence-electron chi connectivity index (χ3n) is 5.49. The third-order valence-corrected chi connectivity index (χ3v) is 5.49. The molecule has 0 unspecified atom stereocenters. The number of aryl methyl sites for hydroxylation is 1. The average molecular weight is 404 g/mol. The summed E-state index contributed by atoms with van der Waals surface area (Å²) in [5.74, 6) is -0.303. The lowest BCUT2D eigenvalue weighted by Gasteiger charge is -2.25. The minimum Gasteiger partial charge on any atom is -0.355 e. The molecule has 0 radical (unpaired) electrons. The van der Waals surface area contributed by atoms with Gasteiger partial charge in [-0.05, 0) is 42.8 Å². The summed E-state index contributed by atoms with van der Waals surface area (Å²) in [5, 5.41) is 6.72. The maximum absolute atomic E-state index is 13.6. The van der Waals surface area contributed by atoms with Crippen molar-refractivity contribution in [1.29, 1.82) is 0 Å². The van der Waals surface area contributed by atoms with E-state index in [1.807, 2.05) is 73.7 Å². The molecule has 31 heavy (non-hydrogen) atoms. The highest BCUT2D eigenvalue weighted by atomic mass is 16.1. The monoisotopic (exact) mass is 404 g/mol. The van der Waals surface area contributed by atoms with Crippen molar-refractivity contribution in [2.75, 3.05) is 10.6 Å². The number of hydrogen-bond donors (Lipinski definition) is 2. The molecule has 0 saturated carbocycles. The molecule has 4 aromatic carbocycles. The van der Waals surface area contributed by atoms with Crippen LogP contribution in [0.2, 0.25) is 0 Å². The van der Waals surface area contributed by atoms with E-state index in [-0.39, 0.29) is 11.6 Å². The fraction of sp³-hybridized carbons (Fsp3) is 0.0370. The van der Waals surface area contributed by atoms with Crippen LogP contribution in [-0.2, 0) is 0 Å². The average Bonchev–Trinajstić information content (AvgIpc) is 2.80. The molecule has 4 heteroatoms. The maximum Gasteiger partial charge on any atom is 0.196 e. The molecule has 0 aromatic heterocycles. The van der Waals surface area contributed by atoms with Gasteiger partial charge in [-0.1, -0.05) is 60.7 Å². The lowest BCUT2D eigenvalue weighted by Crippen LogP contribution is -2.24. The Labute approximate surface area is 180 Å². The summed E-state index contributed by atoms with van der Waals surface area (Å²) in [6.45, 7) is 1.94. The lowest BCUT2D eigenvalue weighted by atomic mass is 9.81. The van der Waals surface area contributed by atoms with E-state index >= 15 is 0 Å². The van der Waals surface area contributed by atoms with Crippen LogP contribution in [0.25, 0.3) is 0 Å². The van der Waals surface area contributed by atoms with E-state index in [2.05, 4.69) is 10.6 Å². The molecule has 0 saturated heterocycles. The quantitative estimate of drug-likeness (QED) is 0.371. The Morgan fingerprint density at radius 2 is 1.06 bits per heavy atom. The van der Waals surface area contributed by atoms with E-state index in [1.54, 1.807) is 24.3 Å². The van der Waals surface area contributed by atoms with Crippen LogP contribution in [0.5, 0.6) is 0 Å². The van der Waals surface area contributed by atoms with Gasteiger partial charge in [0.15, 0.2) is 11.6 Å². The van der Waals surface area contributed by atoms with Crippen molar-refractivity contribution < 1.29 is 9.59 Å². The molecular formula is C27H20N2O2. The van der Waals surface area contributed by atoms with Crippen LogP contribution in [0.4, 0.5) is 22.7 Å². The molecule has 0 aliphatic heterocycles. The van der Waals surface area contributed by atoms with E-state index in [9.17, 15) is 9.59 Å². The molecule has 5 rings (SSSR count). The summed E-state index contributed by atoms with van der Waals surface area (Å²) >= 11 is 0. The highest BCUT2D eigenvalue weighted by Gasteiger charge is 2.34. The zero-order chi connectivity index (χ0) is 21.4. The van der Waals surface area contributed by atoms with Gasteiger partial charge in [-0.3, -0.25) is 9.59 Å². The Morgan fingerprint density at radius 1 is 0.581 bits per heavy atom. The number of ketones is 2. The Bertz CT molecular complexity index is 1310. The van der Waals surface area contributed by atoms with Gasteiger partial charge >= 0.3 is 0 Å². The Kier molecular flexibility index (Phi) is 4.60. The normalized spacial score (nSPS) is 12.2. The standard InChI is InChI=1S/C27H20N2O2/c1-17-16-22(28-18-10-4-2-5-11-18)23-24(25(17)29-19-12-6-3-7-13-19)27(31)21-15-9-8-14-20(21)26(23)30/h2-16,28-29H,1H3. The molecule has 1 aliphatic rings. The van der Waals surface area contributed by atoms with Crippen LogP contribution >= 0.6 is 0 Å². The molecule has 4 aromatic rings. The summed E-state index contributed by atoms with van der Waals surface area (Å²) in [6, 6.07) is 28.3. The fourth-order valence-electron chi connectivity index (χ4n) is 4.03. The number of nitrogens with one attached hydrogen (secondary N) is 2. The number of hydrogen-bond acceptors (Lipinski definition) is 4. The van der Waals surface area contributed by atoms with Crippen LogP contribution in [-0.4, -0.2) is 11.6 Å². The molecular weight excluding hydrogens is 384 g/mol. The van der Waals surface area contributed by atoms with E-state index in [0.717, 1.165) is 16.9 Å². The van der Waals surface area contributed by atoms with Gasteiger partial charge < -0.3 is 10.6 Å². The van der Waals surface area contributed by atoms with Crippen molar-refractivity contribution in [2.45, 2.75) is 6.92 Å². The molecule has 0 amide bonds. The topological polar surface area (TPSA) is 58.2 Å². The summed E-state index contributed by atoms with van der Waals surface area (Å²) in [7, 11) is 0. The van der Waals surface area contributed by atoms with Gasteiger partial charge in [-0.2, -0.15) is 0 Å². The maximum atomic E-state index is 13.6. The lowest BCUT2D eigenvalue weighted by molar-refractivity contribution is 0.0980. The van der Waals surface area contributed by atoms with Crippen LogP contribution < -0.4 is 10.6 Å². The molecule has 0 bridgehead atoms. The highest BCUT2D eigenvalue weighted by Crippen LogP contribution is 2.40. The van der Waals surface area contributed by atoms with Gasteiger partial charge in [0, 0.05) is 22.5 Å². The summed E-state index contributed by atoms with van der Waals surface area (Å²) in [6.07, 6.45) is 0. The molecule has 4 nitrogen and oxygen atoms in total. The van der Waals surface area contributed by atoms with E-state index in [4.69, 9.17) is 0 Å². The van der Waals surface area contributed by atoms with Crippen molar-refractivity contribution in [3.05, 3.63) is 119 Å². The van der Waals surface area contributed by atoms with Crippen molar-refractivity contribution in [2.24, 2.45) is 0 Å². The second-order valence-electron chi connectivity index (χ2n) is 7.55. The SMILES string of the molecule is Cc1cc(Nc2ccccc2)c2c(c1Nc1ccccc1)C(=O)c1ccccc1C2=O. The number of rotatable bonds is 4. The van der Waals surface area contributed by atoms with Gasteiger partial charge in [0.05, 0.1) is 22.5 Å². The summed E-state index contributed by atoms with van der Waals surface area (Å²) in [4.78, 5) is 27.2. The Hall–Kier alpha value is -4.18. The highest BCUT2D eigenvalue weighted by molar-refractivity contribution is 6.32. The minimum absolute atomic E-state index is 0.150. The molecule has 2 N–H and O–H groups in total. The Morgan fingerprint density at radius 3 is 1.65 bits per heavy atom. The molecule has 0 spiro atoms. The van der Waals surface area contributed by atoms with Gasteiger partial charge in [-0.25, -0.2) is 0 Å². The first kappa shape index (κ1) is 18.8. The number of anilines is 4. The predicted molar refractivity (Wildman–Crippen MR) is 124 cm³/mol. The van der Waals surface area contributed by atoms with E-state index < -0.39 is 0 Å². The first-order valence-electron chi connectivity index (χ1n) is 10.1. The molecule has 0 fully saturated rings. The Balaban J connectivity index is 1.73.